The first-order valence-electron chi connectivity index (χ1n) is 12.7. The monoisotopic (exact) mass is 529 g/mol. The van der Waals surface area contributed by atoms with E-state index in [1.54, 1.807) is 18.3 Å². The first-order chi connectivity index (χ1) is 17.2. The molecule has 2 amide bonds. The van der Waals surface area contributed by atoms with Gasteiger partial charge in [-0.2, -0.15) is 0 Å². The van der Waals surface area contributed by atoms with Gasteiger partial charge in [0.25, 0.3) is 0 Å². The highest BCUT2D eigenvalue weighted by atomic mass is 35.5. The van der Waals surface area contributed by atoms with Gasteiger partial charge in [0, 0.05) is 66.1 Å². The topological polar surface area (TPSA) is 62.7 Å². The van der Waals surface area contributed by atoms with Gasteiger partial charge in [-0.15, -0.1) is 0 Å². The molecule has 3 heterocycles. The molecule has 0 radical (unpaired) electrons. The zero-order chi connectivity index (χ0) is 25.5. The molecule has 2 aromatic rings. The molecule has 2 atom stereocenters. The number of hydrogen-bond acceptors (Lipinski definition) is 4. The summed E-state index contributed by atoms with van der Waals surface area (Å²) in [5.74, 6) is 1.02. The van der Waals surface area contributed by atoms with Crippen LogP contribution < -0.4 is 4.74 Å². The fourth-order valence-corrected chi connectivity index (χ4v) is 5.86. The predicted octanol–water partition coefficient (Wildman–Crippen LogP) is 5.44. The number of ether oxygens (including phenoxy) is 1. The highest BCUT2D eigenvalue weighted by molar-refractivity contribution is 6.30. The number of pyridine rings is 1. The molecule has 1 unspecified atom stereocenters. The second-order valence-corrected chi connectivity index (χ2v) is 12.1. The van der Waals surface area contributed by atoms with Crippen molar-refractivity contribution in [3.63, 3.8) is 0 Å². The summed E-state index contributed by atoms with van der Waals surface area (Å²) in [4.78, 5) is 34.6. The van der Waals surface area contributed by atoms with Gasteiger partial charge in [0.15, 0.2) is 0 Å². The Bertz CT molecular complexity index is 1110. The molecule has 0 spiro atoms. The normalized spacial score (nSPS) is 25.6. The van der Waals surface area contributed by atoms with Gasteiger partial charge >= 0.3 is 0 Å². The van der Waals surface area contributed by atoms with Crippen LogP contribution in [0.1, 0.15) is 51.0 Å². The van der Waals surface area contributed by atoms with Crippen molar-refractivity contribution in [2.45, 2.75) is 45.4 Å². The summed E-state index contributed by atoms with van der Waals surface area (Å²) in [6.45, 7) is 7.22. The van der Waals surface area contributed by atoms with Gasteiger partial charge in [0.05, 0.1) is 11.6 Å². The largest absolute Gasteiger partial charge is 0.477 e. The fourth-order valence-electron chi connectivity index (χ4n) is 5.63. The number of aromatic nitrogens is 1. The Morgan fingerprint density at radius 2 is 1.67 bits per heavy atom. The number of nitrogens with zero attached hydrogens (tertiary/aromatic N) is 3. The van der Waals surface area contributed by atoms with Crippen molar-refractivity contribution < 1.29 is 14.3 Å². The van der Waals surface area contributed by atoms with Gasteiger partial charge < -0.3 is 14.5 Å². The minimum atomic E-state index is -0.304. The maximum Gasteiger partial charge on any atom is 0.228 e. The SMILES string of the molecule is CC1(C(=O)N2CCC(C(=O)N3C[C@H](c4ccc(Cl)cc4)C(C)(COc4ccc(Cl)cn4)C3)CC2)CC1. The quantitative estimate of drug-likeness (QED) is 0.499. The smallest absolute Gasteiger partial charge is 0.228 e. The number of benzene rings is 1. The number of piperidine rings is 1. The zero-order valence-electron chi connectivity index (χ0n) is 20.9. The van der Waals surface area contributed by atoms with Crippen LogP contribution in [0.5, 0.6) is 5.88 Å². The number of likely N-dealkylation sites (tertiary alicyclic amines) is 2. The van der Waals surface area contributed by atoms with Crippen LogP contribution in [0, 0.1) is 16.7 Å². The molecule has 1 saturated carbocycles. The molecule has 0 N–H and O–H groups in total. The molecule has 36 heavy (non-hydrogen) atoms. The van der Waals surface area contributed by atoms with E-state index in [1.807, 2.05) is 34.1 Å². The minimum absolute atomic E-state index is 0.0480. The Hall–Kier alpha value is -2.31. The molecule has 0 bridgehead atoms. The van der Waals surface area contributed by atoms with Crippen molar-refractivity contribution >= 4 is 35.0 Å². The Morgan fingerprint density at radius 1 is 1.00 bits per heavy atom. The van der Waals surface area contributed by atoms with E-state index < -0.39 is 0 Å². The van der Waals surface area contributed by atoms with Crippen LogP contribution >= 0.6 is 23.2 Å². The third-order valence-corrected chi connectivity index (χ3v) is 8.75. The van der Waals surface area contributed by atoms with E-state index in [1.165, 1.54) is 0 Å². The molecule has 1 aliphatic carbocycles. The summed E-state index contributed by atoms with van der Waals surface area (Å²) in [7, 11) is 0. The lowest BCUT2D eigenvalue weighted by Gasteiger charge is -2.35. The Morgan fingerprint density at radius 3 is 2.28 bits per heavy atom. The molecule has 1 aromatic carbocycles. The predicted molar refractivity (Wildman–Crippen MR) is 140 cm³/mol. The summed E-state index contributed by atoms with van der Waals surface area (Å²) < 4.78 is 6.10. The number of carbonyl (C=O) groups is 2. The lowest BCUT2D eigenvalue weighted by Crippen LogP contribution is -2.46. The maximum absolute atomic E-state index is 13.7. The van der Waals surface area contributed by atoms with Crippen LogP contribution in [0.15, 0.2) is 42.6 Å². The van der Waals surface area contributed by atoms with E-state index >= 15 is 0 Å². The Balaban J connectivity index is 1.28. The lowest BCUT2D eigenvalue weighted by molar-refractivity contribution is -0.142. The van der Waals surface area contributed by atoms with E-state index in [0.29, 0.717) is 48.7 Å². The van der Waals surface area contributed by atoms with Crippen LogP contribution in [0.25, 0.3) is 0 Å². The van der Waals surface area contributed by atoms with Crippen molar-refractivity contribution in [1.29, 1.82) is 0 Å². The average molecular weight is 530 g/mol. The van der Waals surface area contributed by atoms with Crippen LogP contribution in [0.3, 0.4) is 0 Å². The molecule has 2 aliphatic heterocycles. The number of hydrogen-bond donors (Lipinski definition) is 0. The van der Waals surface area contributed by atoms with Crippen molar-refractivity contribution in [3.05, 3.63) is 58.2 Å². The highest BCUT2D eigenvalue weighted by Crippen LogP contribution is 2.47. The number of amides is 2. The van der Waals surface area contributed by atoms with E-state index in [4.69, 9.17) is 27.9 Å². The lowest BCUT2D eigenvalue weighted by atomic mass is 9.77. The second kappa shape index (κ2) is 9.86. The zero-order valence-corrected chi connectivity index (χ0v) is 22.4. The van der Waals surface area contributed by atoms with E-state index in [0.717, 1.165) is 31.2 Å². The van der Waals surface area contributed by atoms with Gasteiger partial charge in [-0.25, -0.2) is 4.98 Å². The molecule has 3 fully saturated rings. The molecule has 3 aliphatic rings. The first-order valence-corrected chi connectivity index (χ1v) is 13.5. The summed E-state index contributed by atoms with van der Waals surface area (Å²) >= 11 is 12.1. The maximum atomic E-state index is 13.7. The molecule has 8 heteroatoms. The van der Waals surface area contributed by atoms with E-state index in [-0.39, 0.29) is 34.5 Å². The van der Waals surface area contributed by atoms with Gasteiger partial charge in [0.2, 0.25) is 17.7 Å². The number of rotatable bonds is 6. The summed E-state index contributed by atoms with van der Waals surface area (Å²) in [6.07, 6.45) is 4.99. The van der Waals surface area contributed by atoms with Gasteiger partial charge in [-0.1, -0.05) is 49.2 Å². The summed E-state index contributed by atoms with van der Waals surface area (Å²) in [5, 5.41) is 1.25. The second-order valence-electron chi connectivity index (χ2n) is 11.2. The summed E-state index contributed by atoms with van der Waals surface area (Å²) in [6, 6.07) is 11.4. The third-order valence-electron chi connectivity index (χ3n) is 8.28. The van der Waals surface area contributed by atoms with E-state index in [2.05, 4.69) is 18.8 Å². The van der Waals surface area contributed by atoms with E-state index in [9.17, 15) is 9.59 Å². The molecular formula is C28H33Cl2N3O3. The Kier molecular flexibility index (Phi) is 6.94. The van der Waals surface area contributed by atoms with Gasteiger partial charge in [0.1, 0.15) is 0 Å². The van der Waals surface area contributed by atoms with Gasteiger partial charge in [-0.3, -0.25) is 9.59 Å². The Labute approximate surface area is 222 Å². The fraction of sp³-hybridized carbons (Fsp3) is 0.536. The first kappa shape index (κ1) is 25.3. The average Bonchev–Trinajstić information content (AvgIpc) is 3.54. The van der Waals surface area contributed by atoms with Crippen LogP contribution in [-0.4, -0.2) is 59.4 Å². The number of carbonyl (C=O) groups excluding carboxylic acids is 2. The van der Waals surface area contributed by atoms with Crippen LogP contribution in [-0.2, 0) is 9.59 Å². The minimum Gasteiger partial charge on any atom is -0.477 e. The van der Waals surface area contributed by atoms with Crippen LogP contribution in [0.4, 0.5) is 0 Å². The third kappa shape index (κ3) is 5.21. The molecule has 6 nitrogen and oxygen atoms in total. The molecule has 5 rings (SSSR count). The van der Waals surface area contributed by atoms with Gasteiger partial charge in [-0.05, 0) is 49.4 Å². The summed E-state index contributed by atoms with van der Waals surface area (Å²) in [5.41, 5.74) is 0.684. The molecule has 2 saturated heterocycles. The van der Waals surface area contributed by atoms with Crippen molar-refractivity contribution in [1.82, 2.24) is 14.8 Å². The molecule has 192 valence electrons. The van der Waals surface area contributed by atoms with Crippen molar-refractivity contribution in [3.8, 4) is 5.88 Å². The number of halogens is 2. The van der Waals surface area contributed by atoms with Crippen molar-refractivity contribution in [2.75, 3.05) is 32.8 Å². The van der Waals surface area contributed by atoms with Crippen LogP contribution in [0.2, 0.25) is 10.0 Å². The van der Waals surface area contributed by atoms with Crippen molar-refractivity contribution in [2.24, 2.45) is 16.7 Å². The standard InChI is InChI=1S/C28H33Cl2N3O3/c1-27(11-12-27)26(35)32-13-9-20(10-14-32)25(34)33-16-23(19-3-5-21(29)6-4-19)28(2,17-33)18-36-24-8-7-22(30)15-31-24/h3-8,15,20,23H,9-14,16-18H2,1-2H3/t23-,28?/m1/s1. The molecular weight excluding hydrogens is 497 g/mol. The molecule has 1 aromatic heterocycles. The highest BCUT2D eigenvalue weighted by Gasteiger charge is 2.49.